The van der Waals surface area contributed by atoms with E-state index in [1.54, 1.807) is 0 Å². The normalized spacial score (nSPS) is 12.0. The number of aromatic nitrogens is 2. The summed E-state index contributed by atoms with van der Waals surface area (Å²) in [5.74, 6) is -0.924. The second-order valence-electron chi connectivity index (χ2n) is 1.77. The zero-order valence-electron chi connectivity index (χ0n) is 5.11. The van der Waals surface area contributed by atoms with Crippen LogP contribution >= 0.6 is 0 Å². The lowest BCUT2D eigenvalue weighted by atomic mass is 10.6. The summed E-state index contributed by atoms with van der Waals surface area (Å²) in [5.41, 5.74) is 0. The number of rotatable bonds is 0. The molecule has 5 heteroatoms. The largest absolute Gasteiger partial charge is 0.449 e. The molecule has 2 nitrogen and oxygen atoms in total. The van der Waals surface area contributed by atoms with E-state index in [4.69, 9.17) is 0 Å². The van der Waals surface area contributed by atoms with Gasteiger partial charge < -0.3 is 4.57 Å². The molecule has 0 spiro atoms. The Bertz CT molecular complexity index is 225. The van der Waals surface area contributed by atoms with Crippen molar-refractivity contribution >= 4 is 0 Å². The van der Waals surface area contributed by atoms with E-state index in [2.05, 4.69) is 11.2 Å². The standard InChI is InChI=1S/C5H4F3N2/c1-10-3-2-9-4(10)5(6,7)8/h2H,1H3. The fourth-order valence-electron chi connectivity index (χ4n) is 0.588. The second-order valence-corrected chi connectivity index (χ2v) is 1.77. The summed E-state index contributed by atoms with van der Waals surface area (Å²) in [6.45, 7) is 0. The molecule has 0 atom stereocenters. The van der Waals surface area contributed by atoms with Gasteiger partial charge in [-0.25, -0.2) is 4.98 Å². The highest BCUT2D eigenvalue weighted by Crippen LogP contribution is 2.26. The number of aryl methyl sites for hydroxylation is 1. The first-order valence-corrected chi connectivity index (χ1v) is 2.48. The van der Waals surface area contributed by atoms with Crippen LogP contribution in [-0.2, 0) is 13.2 Å². The monoisotopic (exact) mass is 149 g/mol. The molecule has 1 aromatic heterocycles. The first-order chi connectivity index (χ1) is 4.52. The van der Waals surface area contributed by atoms with Crippen LogP contribution in [0.15, 0.2) is 6.20 Å². The summed E-state index contributed by atoms with van der Waals surface area (Å²) in [7, 11) is 1.25. The van der Waals surface area contributed by atoms with Crippen molar-refractivity contribution in [3.63, 3.8) is 0 Å². The molecule has 1 aromatic rings. The average Bonchev–Trinajstić information content (AvgIpc) is 2.11. The number of alkyl halides is 3. The highest BCUT2D eigenvalue weighted by Gasteiger charge is 2.35. The fourth-order valence-corrected chi connectivity index (χ4v) is 0.588. The number of nitrogens with zero attached hydrogens (tertiary/aromatic N) is 2. The third kappa shape index (κ3) is 1.12. The van der Waals surface area contributed by atoms with Crippen LogP contribution in [0.25, 0.3) is 0 Å². The lowest BCUT2D eigenvalue weighted by molar-refractivity contribution is -0.146. The maximum atomic E-state index is 11.8. The highest BCUT2D eigenvalue weighted by atomic mass is 19.4. The van der Waals surface area contributed by atoms with Gasteiger partial charge in [0.1, 0.15) is 0 Å². The van der Waals surface area contributed by atoms with Crippen molar-refractivity contribution in [1.29, 1.82) is 0 Å². The topological polar surface area (TPSA) is 17.8 Å². The van der Waals surface area contributed by atoms with Gasteiger partial charge in [0.2, 0.25) is 5.82 Å². The minimum atomic E-state index is -4.37. The van der Waals surface area contributed by atoms with Crippen LogP contribution in [0.1, 0.15) is 5.82 Å². The molecule has 0 N–H and O–H groups in total. The number of imidazole rings is 1. The minimum Gasteiger partial charge on any atom is -0.322 e. The van der Waals surface area contributed by atoms with Crippen LogP contribution in [-0.4, -0.2) is 9.55 Å². The van der Waals surface area contributed by atoms with Crippen LogP contribution in [0.5, 0.6) is 0 Å². The molecule has 0 saturated heterocycles. The molecule has 0 aliphatic heterocycles. The SMILES string of the molecule is Cn1[c]cnc1C(F)(F)F. The maximum Gasteiger partial charge on any atom is 0.449 e. The van der Waals surface area contributed by atoms with Gasteiger partial charge in [0.15, 0.2) is 0 Å². The summed E-state index contributed by atoms with van der Waals surface area (Å²) in [4.78, 5) is 3.07. The lowest BCUT2D eigenvalue weighted by Gasteiger charge is -2.03. The first kappa shape index (κ1) is 7.11. The van der Waals surface area contributed by atoms with E-state index in [9.17, 15) is 13.2 Å². The van der Waals surface area contributed by atoms with Gasteiger partial charge >= 0.3 is 6.18 Å². The molecule has 0 amide bonds. The van der Waals surface area contributed by atoms with Gasteiger partial charge in [-0.15, -0.1) is 0 Å². The molecule has 0 aliphatic rings. The maximum absolute atomic E-state index is 11.8. The van der Waals surface area contributed by atoms with Crippen LogP contribution < -0.4 is 0 Å². The highest BCUT2D eigenvalue weighted by molar-refractivity contribution is 4.93. The van der Waals surface area contributed by atoms with E-state index < -0.39 is 12.0 Å². The molecule has 55 valence electrons. The van der Waals surface area contributed by atoms with Gasteiger partial charge in [-0.3, -0.25) is 0 Å². The van der Waals surface area contributed by atoms with Crippen LogP contribution in [0.3, 0.4) is 0 Å². The summed E-state index contributed by atoms with van der Waals surface area (Å²) < 4.78 is 36.1. The Balaban J connectivity index is 3.05. The molecular weight excluding hydrogens is 145 g/mol. The Kier molecular flexibility index (Phi) is 1.42. The van der Waals surface area contributed by atoms with E-state index in [0.717, 1.165) is 10.8 Å². The molecule has 0 fully saturated rings. The Morgan fingerprint density at radius 3 is 2.40 bits per heavy atom. The molecule has 0 saturated carbocycles. The van der Waals surface area contributed by atoms with E-state index in [-0.39, 0.29) is 0 Å². The van der Waals surface area contributed by atoms with Gasteiger partial charge in [-0.2, -0.15) is 13.2 Å². The molecule has 0 unspecified atom stereocenters. The first-order valence-electron chi connectivity index (χ1n) is 2.48. The smallest absolute Gasteiger partial charge is 0.322 e. The van der Waals surface area contributed by atoms with Gasteiger partial charge in [0, 0.05) is 7.05 Å². The van der Waals surface area contributed by atoms with Crippen molar-refractivity contribution in [2.24, 2.45) is 7.05 Å². The number of hydrogen-bond acceptors (Lipinski definition) is 1. The molecule has 1 heterocycles. The molecular formula is C5H4F3N2. The van der Waals surface area contributed by atoms with Crippen LogP contribution in [0.4, 0.5) is 13.2 Å². The Morgan fingerprint density at radius 1 is 1.60 bits per heavy atom. The summed E-state index contributed by atoms with van der Waals surface area (Å²) in [6, 6.07) is 0. The molecule has 1 radical (unpaired) electrons. The minimum absolute atomic E-state index is 0.806. The van der Waals surface area contributed by atoms with Crippen molar-refractivity contribution < 1.29 is 13.2 Å². The number of halogens is 3. The van der Waals surface area contributed by atoms with Crippen molar-refractivity contribution in [1.82, 2.24) is 9.55 Å². The molecule has 0 bridgehead atoms. The quantitative estimate of drug-likeness (QED) is 0.542. The van der Waals surface area contributed by atoms with Gasteiger partial charge in [-0.05, 0) is 0 Å². The lowest BCUT2D eigenvalue weighted by Crippen LogP contribution is -2.12. The second kappa shape index (κ2) is 2.00. The van der Waals surface area contributed by atoms with Gasteiger partial charge in [-0.1, -0.05) is 0 Å². The number of hydrogen-bond donors (Lipinski definition) is 0. The summed E-state index contributed by atoms with van der Waals surface area (Å²) in [5, 5.41) is 0. The third-order valence-electron chi connectivity index (χ3n) is 1.01. The van der Waals surface area contributed by atoms with Crippen molar-refractivity contribution in [2.75, 3.05) is 0 Å². The third-order valence-corrected chi connectivity index (χ3v) is 1.01. The molecule has 10 heavy (non-hydrogen) atoms. The Morgan fingerprint density at radius 2 is 2.20 bits per heavy atom. The van der Waals surface area contributed by atoms with Crippen molar-refractivity contribution in [3.05, 3.63) is 18.2 Å². The fraction of sp³-hybridized carbons (Fsp3) is 0.400. The Labute approximate surface area is 55.3 Å². The van der Waals surface area contributed by atoms with Crippen molar-refractivity contribution in [3.8, 4) is 0 Å². The van der Waals surface area contributed by atoms with E-state index in [1.807, 2.05) is 0 Å². The summed E-state index contributed by atoms with van der Waals surface area (Å²) >= 11 is 0. The van der Waals surface area contributed by atoms with Gasteiger partial charge in [0.25, 0.3) is 0 Å². The van der Waals surface area contributed by atoms with E-state index in [0.29, 0.717) is 0 Å². The molecule has 1 rings (SSSR count). The summed E-state index contributed by atoms with van der Waals surface area (Å²) in [6.07, 6.45) is -1.12. The predicted octanol–water partition coefficient (Wildman–Crippen LogP) is 1.24. The zero-order chi connectivity index (χ0) is 7.78. The van der Waals surface area contributed by atoms with Crippen LogP contribution in [0, 0.1) is 6.20 Å². The van der Waals surface area contributed by atoms with Crippen LogP contribution in [0.2, 0.25) is 0 Å². The van der Waals surface area contributed by atoms with E-state index >= 15 is 0 Å². The average molecular weight is 149 g/mol. The zero-order valence-corrected chi connectivity index (χ0v) is 5.11. The predicted molar refractivity (Wildman–Crippen MR) is 27.0 cm³/mol. The Hall–Kier alpha value is -1.00. The van der Waals surface area contributed by atoms with E-state index in [1.165, 1.54) is 7.05 Å². The molecule has 0 aromatic carbocycles. The van der Waals surface area contributed by atoms with Crippen molar-refractivity contribution in [2.45, 2.75) is 6.18 Å². The molecule has 0 aliphatic carbocycles. The van der Waals surface area contributed by atoms with Gasteiger partial charge in [0.05, 0.1) is 12.4 Å².